The van der Waals surface area contributed by atoms with E-state index in [1.165, 1.54) is 0 Å². The summed E-state index contributed by atoms with van der Waals surface area (Å²) in [6, 6.07) is 1.67. The molecule has 2 rings (SSSR count). The van der Waals surface area contributed by atoms with Gasteiger partial charge in [-0.25, -0.2) is 13.6 Å². The number of rotatable bonds is 2. The van der Waals surface area contributed by atoms with Crippen molar-refractivity contribution in [2.45, 2.75) is 39.2 Å². The molecule has 3 nitrogen and oxygen atoms in total. The fourth-order valence-corrected chi connectivity index (χ4v) is 2.58. The maximum Gasteiger partial charge on any atom is 0.341 e. The number of hydrogen-bond donors (Lipinski definition) is 1. The highest BCUT2D eigenvalue weighted by Crippen LogP contribution is 2.31. The lowest BCUT2D eigenvalue weighted by atomic mass is 9.80. The van der Waals surface area contributed by atoms with Crippen molar-refractivity contribution in [2.24, 2.45) is 11.8 Å². The topological polar surface area (TPSA) is 52.3 Å². The highest BCUT2D eigenvalue weighted by atomic mass is 19.1. The molecule has 0 saturated heterocycles. The number of carbonyl (C=O) groups is 1. The Kier molecular flexibility index (Phi) is 4.26. The number of esters is 1. The predicted molar refractivity (Wildman–Crippen MR) is 72.2 cm³/mol. The van der Waals surface area contributed by atoms with E-state index < -0.39 is 23.2 Å². The van der Waals surface area contributed by atoms with Gasteiger partial charge in [0, 0.05) is 0 Å². The van der Waals surface area contributed by atoms with E-state index in [9.17, 15) is 13.6 Å². The lowest BCUT2D eigenvalue weighted by Crippen LogP contribution is -2.29. The van der Waals surface area contributed by atoms with Crippen LogP contribution >= 0.6 is 0 Å². The van der Waals surface area contributed by atoms with Crippen molar-refractivity contribution >= 4 is 11.7 Å². The average molecular weight is 283 g/mol. The van der Waals surface area contributed by atoms with Crippen LogP contribution in [0.5, 0.6) is 0 Å². The van der Waals surface area contributed by atoms with Gasteiger partial charge >= 0.3 is 5.97 Å². The summed E-state index contributed by atoms with van der Waals surface area (Å²) >= 11 is 0. The Hall–Kier alpha value is -1.65. The largest absolute Gasteiger partial charge is 0.459 e. The summed E-state index contributed by atoms with van der Waals surface area (Å²) in [5.41, 5.74) is 4.49. The molecule has 110 valence electrons. The van der Waals surface area contributed by atoms with Crippen LogP contribution in [0.3, 0.4) is 0 Å². The summed E-state index contributed by atoms with van der Waals surface area (Å²) in [6.07, 6.45) is 2.23. The molecule has 1 aliphatic carbocycles. The molecule has 0 aromatic heterocycles. The zero-order valence-corrected chi connectivity index (χ0v) is 11.7. The van der Waals surface area contributed by atoms with Gasteiger partial charge in [-0.1, -0.05) is 13.8 Å². The SMILES string of the molecule is CC1CCC(OC(=O)c2cc(F)cc(N)c2F)CC1C. The van der Waals surface area contributed by atoms with Gasteiger partial charge in [0.1, 0.15) is 17.5 Å². The zero-order chi connectivity index (χ0) is 14.9. The van der Waals surface area contributed by atoms with Crippen LogP contribution in [0.4, 0.5) is 14.5 Å². The highest BCUT2D eigenvalue weighted by molar-refractivity contribution is 5.91. The molecule has 0 bridgehead atoms. The first-order valence-corrected chi connectivity index (χ1v) is 6.84. The number of benzene rings is 1. The number of hydrogen-bond acceptors (Lipinski definition) is 3. The Bertz CT molecular complexity index is 519. The number of ether oxygens (including phenoxy) is 1. The predicted octanol–water partition coefficient (Wildman–Crippen LogP) is 3.53. The van der Waals surface area contributed by atoms with Gasteiger partial charge < -0.3 is 10.5 Å². The smallest absolute Gasteiger partial charge is 0.341 e. The molecule has 3 atom stereocenters. The van der Waals surface area contributed by atoms with Crippen LogP contribution in [0.25, 0.3) is 0 Å². The van der Waals surface area contributed by atoms with E-state index in [1.807, 2.05) is 0 Å². The fraction of sp³-hybridized carbons (Fsp3) is 0.533. The van der Waals surface area contributed by atoms with Crippen molar-refractivity contribution in [3.05, 3.63) is 29.3 Å². The lowest BCUT2D eigenvalue weighted by Gasteiger charge is -2.31. The van der Waals surface area contributed by atoms with E-state index in [0.29, 0.717) is 11.8 Å². The monoisotopic (exact) mass is 283 g/mol. The molecule has 1 fully saturated rings. The molecule has 20 heavy (non-hydrogen) atoms. The Morgan fingerprint density at radius 2 is 1.95 bits per heavy atom. The van der Waals surface area contributed by atoms with Crippen molar-refractivity contribution in [1.82, 2.24) is 0 Å². The molecule has 1 aromatic carbocycles. The standard InChI is InChI=1S/C15H19F2NO2/c1-8-3-4-11(5-9(8)2)20-15(19)12-6-10(16)7-13(18)14(12)17/h6-9,11H,3-5,18H2,1-2H3. The van der Waals surface area contributed by atoms with Gasteiger partial charge in [-0.3, -0.25) is 0 Å². The second kappa shape index (κ2) is 5.77. The molecule has 3 unspecified atom stereocenters. The summed E-state index contributed by atoms with van der Waals surface area (Å²) in [5, 5.41) is 0. The molecule has 5 heteroatoms. The van der Waals surface area contributed by atoms with Gasteiger partial charge in [0.05, 0.1) is 5.69 Å². The van der Waals surface area contributed by atoms with E-state index in [-0.39, 0.29) is 11.8 Å². The number of nitrogens with two attached hydrogens (primary N) is 1. The molecule has 0 radical (unpaired) electrons. The Labute approximate surface area is 117 Å². The molecule has 1 aliphatic rings. The summed E-state index contributed by atoms with van der Waals surface area (Å²) in [7, 11) is 0. The molecule has 1 aromatic rings. The van der Waals surface area contributed by atoms with Crippen molar-refractivity contribution in [3.8, 4) is 0 Å². The second-order valence-corrected chi connectivity index (χ2v) is 5.65. The first-order chi connectivity index (χ1) is 9.38. The number of halogens is 2. The minimum Gasteiger partial charge on any atom is -0.459 e. The van der Waals surface area contributed by atoms with E-state index >= 15 is 0 Å². The van der Waals surface area contributed by atoms with Gasteiger partial charge in [0.15, 0.2) is 5.82 Å². The molecule has 0 aliphatic heterocycles. The van der Waals surface area contributed by atoms with Gasteiger partial charge in [-0.05, 0) is 43.2 Å². The van der Waals surface area contributed by atoms with Gasteiger partial charge in [-0.15, -0.1) is 0 Å². The quantitative estimate of drug-likeness (QED) is 0.667. The van der Waals surface area contributed by atoms with E-state index in [0.717, 1.165) is 31.4 Å². The normalized spacial score (nSPS) is 26.3. The zero-order valence-electron chi connectivity index (χ0n) is 11.7. The average Bonchev–Trinajstić information content (AvgIpc) is 2.38. The van der Waals surface area contributed by atoms with Crippen LogP contribution in [0.1, 0.15) is 43.5 Å². The molecular formula is C15H19F2NO2. The first-order valence-electron chi connectivity index (χ1n) is 6.84. The Morgan fingerprint density at radius 1 is 1.25 bits per heavy atom. The maximum absolute atomic E-state index is 13.7. The Morgan fingerprint density at radius 3 is 2.60 bits per heavy atom. The lowest BCUT2D eigenvalue weighted by molar-refractivity contribution is 0.00830. The van der Waals surface area contributed by atoms with Crippen LogP contribution in [0, 0.1) is 23.5 Å². The van der Waals surface area contributed by atoms with Crippen LogP contribution < -0.4 is 5.73 Å². The first kappa shape index (κ1) is 14.8. The summed E-state index contributed by atoms with van der Waals surface area (Å²) < 4.78 is 32.2. The van der Waals surface area contributed by atoms with Crippen LogP contribution in [0.15, 0.2) is 12.1 Å². The Balaban J connectivity index is 2.09. The molecular weight excluding hydrogens is 264 g/mol. The van der Waals surface area contributed by atoms with Crippen LogP contribution in [-0.2, 0) is 4.74 Å². The summed E-state index contributed by atoms with van der Waals surface area (Å²) in [5.74, 6) is -1.48. The summed E-state index contributed by atoms with van der Waals surface area (Å²) in [4.78, 5) is 11.9. The van der Waals surface area contributed by atoms with Crippen molar-refractivity contribution in [3.63, 3.8) is 0 Å². The molecule has 1 saturated carbocycles. The van der Waals surface area contributed by atoms with Crippen LogP contribution in [0.2, 0.25) is 0 Å². The van der Waals surface area contributed by atoms with E-state index in [2.05, 4.69) is 13.8 Å². The van der Waals surface area contributed by atoms with Crippen molar-refractivity contribution in [2.75, 3.05) is 5.73 Å². The number of nitrogen functional groups attached to an aromatic ring is 1. The minimum atomic E-state index is -0.923. The minimum absolute atomic E-state index is 0.238. The third-order valence-electron chi connectivity index (χ3n) is 4.11. The number of carbonyl (C=O) groups excluding carboxylic acids is 1. The molecule has 2 N–H and O–H groups in total. The van der Waals surface area contributed by atoms with Gasteiger partial charge in [-0.2, -0.15) is 0 Å². The fourth-order valence-electron chi connectivity index (χ4n) is 2.58. The van der Waals surface area contributed by atoms with E-state index in [4.69, 9.17) is 10.5 Å². The van der Waals surface area contributed by atoms with Gasteiger partial charge in [0.25, 0.3) is 0 Å². The van der Waals surface area contributed by atoms with Crippen LogP contribution in [-0.4, -0.2) is 12.1 Å². The van der Waals surface area contributed by atoms with Crippen molar-refractivity contribution in [1.29, 1.82) is 0 Å². The van der Waals surface area contributed by atoms with Crippen molar-refractivity contribution < 1.29 is 18.3 Å². The summed E-state index contributed by atoms with van der Waals surface area (Å²) in [6.45, 7) is 4.26. The third-order valence-corrected chi connectivity index (χ3v) is 4.11. The van der Waals surface area contributed by atoms with E-state index in [1.54, 1.807) is 0 Å². The third kappa shape index (κ3) is 3.08. The van der Waals surface area contributed by atoms with Gasteiger partial charge in [0.2, 0.25) is 0 Å². The maximum atomic E-state index is 13.7. The molecule has 0 amide bonds. The molecule has 0 spiro atoms. The highest BCUT2D eigenvalue weighted by Gasteiger charge is 2.28. The molecule has 0 heterocycles. The number of anilines is 1. The second-order valence-electron chi connectivity index (χ2n) is 5.65.